The number of anilines is 1. The van der Waals surface area contributed by atoms with E-state index in [9.17, 15) is 13.6 Å². The Bertz CT molecular complexity index is 1490. The molecule has 0 aliphatic heterocycles. The van der Waals surface area contributed by atoms with Gasteiger partial charge in [0.1, 0.15) is 17.1 Å². The van der Waals surface area contributed by atoms with Crippen LogP contribution in [0.5, 0.6) is 0 Å². The van der Waals surface area contributed by atoms with Gasteiger partial charge in [0.15, 0.2) is 5.65 Å². The molecule has 3 heterocycles. The molecule has 7 nitrogen and oxygen atoms in total. The van der Waals surface area contributed by atoms with Crippen LogP contribution in [-0.4, -0.2) is 30.1 Å². The molecular formula is C25H20F2N6O. The Morgan fingerprint density at radius 1 is 1.03 bits per heavy atom. The van der Waals surface area contributed by atoms with E-state index in [-0.39, 0.29) is 16.9 Å². The van der Waals surface area contributed by atoms with Crippen molar-refractivity contribution < 1.29 is 13.6 Å². The van der Waals surface area contributed by atoms with Crippen LogP contribution < -0.4 is 5.32 Å². The fourth-order valence-electron chi connectivity index (χ4n) is 3.73. The van der Waals surface area contributed by atoms with Gasteiger partial charge < -0.3 is 9.88 Å². The summed E-state index contributed by atoms with van der Waals surface area (Å²) in [6, 6.07) is 15.9. The smallest absolute Gasteiger partial charge is 0.280 e. The second-order valence-corrected chi connectivity index (χ2v) is 7.87. The lowest BCUT2D eigenvalue weighted by atomic mass is 10.1. The second-order valence-electron chi connectivity index (χ2n) is 7.87. The maximum absolute atomic E-state index is 13.8. The molecule has 0 atom stereocenters. The number of hydrogen-bond donors (Lipinski definition) is 1. The summed E-state index contributed by atoms with van der Waals surface area (Å²) < 4.78 is 30.5. The van der Waals surface area contributed by atoms with Gasteiger partial charge >= 0.3 is 0 Å². The third-order valence-electron chi connectivity index (χ3n) is 5.54. The van der Waals surface area contributed by atoms with Crippen LogP contribution in [0.25, 0.3) is 22.6 Å². The van der Waals surface area contributed by atoms with Crippen molar-refractivity contribution in [3.63, 3.8) is 0 Å². The van der Waals surface area contributed by atoms with Crippen molar-refractivity contribution in [1.29, 1.82) is 0 Å². The molecule has 0 saturated heterocycles. The molecular weight excluding hydrogens is 438 g/mol. The molecule has 3 aromatic heterocycles. The Morgan fingerprint density at radius 3 is 2.41 bits per heavy atom. The predicted molar refractivity (Wildman–Crippen MR) is 124 cm³/mol. The quantitative estimate of drug-likeness (QED) is 0.383. The standard InChI is InChI=1S/C25H20F2N6O/c1-15-3-5-17(6-4-15)21-13-22(23(26)27)33-24(31-21)20(14-29-33)25(34)30-18-7-9-19(10-8-18)32-12-11-28-16(32)2/h3-14,23H,1-2H3,(H,30,34). The molecule has 34 heavy (non-hydrogen) atoms. The molecule has 1 amide bonds. The van der Waals surface area contributed by atoms with Gasteiger partial charge in [-0.2, -0.15) is 5.10 Å². The third kappa shape index (κ3) is 3.92. The molecule has 9 heteroatoms. The molecule has 0 unspecified atom stereocenters. The van der Waals surface area contributed by atoms with Crippen LogP contribution in [-0.2, 0) is 0 Å². The average molecular weight is 458 g/mol. The first-order chi connectivity index (χ1) is 16.4. The molecule has 170 valence electrons. The van der Waals surface area contributed by atoms with Crippen molar-refractivity contribution in [2.24, 2.45) is 0 Å². The first-order valence-electron chi connectivity index (χ1n) is 10.6. The minimum Gasteiger partial charge on any atom is -0.322 e. The van der Waals surface area contributed by atoms with Crippen molar-refractivity contribution >= 4 is 17.2 Å². The van der Waals surface area contributed by atoms with Crippen molar-refractivity contribution in [3.05, 3.63) is 95.8 Å². The van der Waals surface area contributed by atoms with E-state index in [1.165, 1.54) is 12.3 Å². The normalized spacial score (nSPS) is 11.3. The van der Waals surface area contributed by atoms with E-state index in [0.29, 0.717) is 16.9 Å². The fourth-order valence-corrected chi connectivity index (χ4v) is 3.73. The van der Waals surface area contributed by atoms with Crippen molar-refractivity contribution in [2.75, 3.05) is 5.32 Å². The number of carbonyl (C=O) groups excluding carboxylic acids is 1. The topological polar surface area (TPSA) is 77.1 Å². The molecule has 0 radical (unpaired) electrons. The van der Waals surface area contributed by atoms with E-state index in [4.69, 9.17) is 0 Å². The summed E-state index contributed by atoms with van der Waals surface area (Å²) in [7, 11) is 0. The lowest BCUT2D eigenvalue weighted by molar-refractivity contribution is 0.102. The number of nitrogens with zero attached hydrogens (tertiary/aromatic N) is 5. The lowest BCUT2D eigenvalue weighted by Gasteiger charge is -2.10. The number of aromatic nitrogens is 5. The predicted octanol–water partition coefficient (Wildman–Crippen LogP) is 5.39. The first kappa shape index (κ1) is 21.4. The fraction of sp³-hybridized carbons (Fsp3) is 0.120. The molecule has 5 aromatic rings. The lowest BCUT2D eigenvalue weighted by Crippen LogP contribution is -2.13. The number of imidazole rings is 1. The zero-order chi connectivity index (χ0) is 23.8. The minimum absolute atomic E-state index is 0.0662. The summed E-state index contributed by atoms with van der Waals surface area (Å²) in [5, 5.41) is 6.81. The molecule has 0 aliphatic rings. The van der Waals surface area contributed by atoms with Crippen molar-refractivity contribution in [2.45, 2.75) is 20.3 Å². The number of benzene rings is 2. The number of alkyl halides is 2. The molecule has 0 bridgehead atoms. The number of amides is 1. The highest BCUT2D eigenvalue weighted by molar-refractivity contribution is 6.08. The van der Waals surface area contributed by atoms with Crippen molar-refractivity contribution in [3.8, 4) is 16.9 Å². The summed E-state index contributed by atoms with van der Waals surface area (Å²) >= 11 is 0. The Balaban J connectivity index is 1.49. The maximum atomic E-state index is 13.8. The van der Waals surface area contributed by atoms with Gasteiger partial charge in [-0.3, -0.25) is 4.79 Å². The minimum atomic E-state index is -2.79. The first-order valence-corrected chi connectivity index (χ1v) is 10.6. The Hall–Kier alpha value is -4.40. The summed E-state index contributed by atoms with van der Waals surface area (Å²) in [5.41, 5.74) is 3.34. The van der Waals surface area contributed by atoms with Crippen LogP contribution in [0.1, 0.15) is 33.9 Å². The number of hydrogen-bond acceptors (Lipinski definition) is 4. The molecule has 1 N–H and O–H groups in total. The highest BCUT2D eigenvalue weighted by atomic mass is 19.3. The summed E-state index contributed by atoms with van der Waals surface area (Å²) in [6.07, 6.45) is 2.03. The van der Waals surface area contributed by atoms with Gasteiger partial charge in [0.2, 0.25) is 0 Å². The zero-order valence-electron chi connectivity index (χ0n) is 18.4. The van der Waals surface area contributed by atoms with Gasteiger partial charge in [-0.05, 0) is 44.2 Å². The Morgan fingerprint density at radius 2 is 1.76 bits per heavy atom. The average Bonchev–Trinajstić information content (AvgIpc) is 3.45. The summed E-state index contributed by atoms with van der Waals surface area (Å²) in [5.74, 6) is 0.351. The Kier molecular flexibility index (Phi) is 5.37. The molecule has 0 saturated carbocycles. The van der Waals surface area contributed by atoms with Crippen LogP contribution in [0.4, 0.5) is 14.5 Å². The highest BCUT2D eigenvalue weighted by Gasteiger charge is 2.21. The van der Waals surface area contributed by atoms with Gasteiger partial charge in [-0.1, -0.05) is 29.8 Å². The third-order valence-corrected chi connectivity index (χ3v) is 5.54. The highest BCUT2D eigenvalue weighted by Crippen LogP contribution is 2.27. The van der Waals surface area contributed by atoms with Gasteiger partial charge in [-0.25, -0.2) is 23.3 Å². The largest absolute Gasteiger partial charge is 0.322 e. The van der Waals surface area contributed by atoms with E-state index >= 15 is 0 Å². The molecule has 5 rings (SSSR count). The summed E-state index contributed by atoms with van der Waals surface area (Å²) in [4.78, 5) is 21.7. The number of halogens is 2. The van der Waals surface area contributed by atoms with Gasteiger partial charge in [0.25, 0.3) is 12.3 Å². The Labute approximate surface area is 193 Å². The van der Waals surface area contributed by atoms with E-state index in [0.717, 1.165) is 21.6 Å². The molecule has 0 fully saturated rings. The molecule has 2 aromatic carbocycles. The number of rotatable bonds is 5. The number of carbonyl (C=O) groups is 1. The van der Waals surface area contributed by atoms with Crippen LogP contribution >= 0.6 is 0 Å². The monoisotopic (exact) mass is 458 g/mol. The van der Waals surface area contributed by atoms with Gasteiger partial charge in [-0.15, -0.1) is 0 Å². The second kappa shape index (κ2) is 8.51. The van der Waals surface area contributed by atoms with Gasteiger partial charge in [0.05, 0.1) is 11.9 Å². The maximum Gasteiger partial charge on any atom is 0.280 e. The van der Waals surface area contributed by atoms with E-state index in [1.807, 2.05) is 61.0 Å². The number of aryl methyl sites for hydroxylation is 2. The van der Waals surface area contributed by atoms with E-state index in [2.05, 4.69) is 20.4 Å². The van der Waals surface area contributed by atoms with Gasteiger partial charge in [0, 0.05) is 29.3 Å². The van der Waals surface area contributed by atoms with Crippen LogP contribution in [0.3, 0.4) is 0 Å². The van der Waals surface area contributed by atoms with Crippen LogP contribution in [0.2, 0.25) is 0 Å². The number of nitrogens with one attached hydrogen (secondary N) is 1. The molecule has 0 spiro atoms. The SMILES string of the molecule is Cc1ccc(-c2cc(C(F)F)n3ncc(C(=O)Nc4ccc(-n5ccnc5C)cc4)c3n2)cc1. The zero-order valence-corrected chi connectivity index (χ0v) is 18.4. The molecule has 0 aliphatic carbocycles. The van der Waals surface area contributed by atoms with Crippen molar-refractivity contribution in [1.82, 2.24) is 24.1 Å². The number of fused-ring (bicyclic) bond motifs is 1. The van der Waals surface area contributed by atoms with Crippen LogP contribution in [0.15, 0.2) is 73.2 Å². The van der Waals surface area contributed by atoms with Crippen LogP contribution in [0, 0.1) is 13.8 Å². The van der Waals surface area contributed by atoms with E-state index in [1.54, 1.807) is 18.3 Å². The summed E-state index contributed by atoms with van der Waals surface area (Å²) in [6.45, 7) is 3.83. The van der Waals surface area contributed by atoms with E-state index < -0.39 is 12.3 Å².